The van der Waals surface area contributed by atoms with E-state index >= 15 is 0 Å². The van der Waals surface area contributed by atoms with Crippen molar-refractivity contribution in [1.29, 1.82) is 0 Å². The number of hydrogen-bond acceptors (Lipinski definition) is 1. The molecule has 0 saturated carbocycles. The predicted molar refractivity (Wildman–Crippen MR) is 53.0 cm³/mol. The minimum atomic E-state index is 0. The average molecular weight is 210 g/mol. The van der Waals surface area contributed by atoms with Gasteiger partial charge in [-0.15, -0.1) is 17.0 Å². The van der Waals surface area contributed by atoms with Crippen LogP contribution in [0.1, 0.15) is 40.5 Å². The van der Waals surface area contributed by atoms with Gasteiger partial charge in [-0.25, -0.2) is 0 Å². The van der Waals surface area contributed by atoms with E-state index in [-0.39, 0.29) is 17.0 Å². The van der Waals surface area contributed by atoms with Crippen LogP contribution in [0.2, 0.25) is 0 Å². The summed E-state index contributed by atoms with van der Waals surface area (Å²) < 4.78 is 0. The second-order valence-electron chi connectivity index (χ2n) is 2.79. The summed E-state index contributed by atoms with van der Waals surface area (Å²) in [5.74, 6) is 0. The second kappa shape index (κ2) is 7.55. The molecule has 0 radical (unpaired) electrons. The van der Waals surface area contributed by atoms with Crippen LogP contribution in [0.25, 0.3) is 0 Å². The van der Waals surface area contributed by atoms with Gasteiger partial charge in [0.1, 0.15) is 0 Å². The minimum Gasteiger partial charge on any atom is -0.312 e. The summed E-state index contributed by atoms with van der Waals surface area (Å²) in [4.78, 5) is 0. The molecule has 2 atom stereocenters. The van der Waals surface area contributed by atoms with Crippen molar-refractivity contribution >= 4 is 17.0 Å². The Labute approximate surface area is 75.4 Å². The lowest BCUT2D eigenvalue weighted by Crippen LogP contribution is -2.33. The van der Waals surface area contributed by atoms with Gasteiger partial charge in [0.2, 0.25) is 0 Å². The van der Waals surface area contributed by atoms with Gasteiger partial charge in [-0.1, -0.05) is 13.8 Å². The van der Waals surface area contributed by atoms with Crippen molar-refractivity contribution in [2.75, 3.05) is 0 Å². The topological polar surface area (TPSA) is 12.0 Å². The Morgan fingerprint density at radius 2 is 1.30 bits per heavy atom. The molecule has 1 N–H and O–H groups in total. The highest BCUT2D eigenvalue weighted by molar-refractivity contribution is 8.93. The number of hydrogen-bond donors (Lipinski definition) is 1. The van der Waals surface area contributed by atoms with Crippen LogP contribution in [-0.4, -0.2) is 12.1 Å². The van der Waals surface area contributed by atoms with Crippen molar-refractivity contribution in [3.8, 4) is 0 Å². The molecule has 0 saturated heterocycles. The number of nitrogens with one attached hydrogen (secondary N) is 1. The maximum Gasteiger partial charge on any atom is 0.00385 e. The minimum absolute atomic E-state index is 0. The molecule has 0 bridgehead atoms. The fourth-order valence-corrected chi connectivity index (χ4v) is 0.721. The van der Waals surface area contributed by atoms with E-state index in [2.05, 4.69) is 33.0 Å². The van der Waals surface area contributed by atoms with Crippen molar-refractivity contribution in [2.45, 2.75) is 52.6 Å². The Morgan fingerprint density at radius 3 is 1.50 bits per heavy atom. The van der Waals surface area contributed by atoms with Crippen molar-refractivity contribution < 1.29 is 0 Å². The van der Waals surface area contributed by atoms with Crippen LogP contribution in [0.15, 0.2) is 0 Å². The van der Waals surface area contributed by atoms with Gasteiger partial charge in [0.05, 0.1) is 0 Å². The van der Waals surface area contributed by atoms with Gasteiger partial charge < -0.3 is 5.32 Å². The third-order valence-corrected chi connectivity index (χ3v) is 1.79. The fraction of sp³-hybridized carbons (Fsp3) is 1.00. The van der Waals surface area contributed by atoms with Crippen LogP contribution in [0, 0.1) is 0 Å². The maximum absolute atomic E-state index is 3.48. The molecule has 0 heterocycles. The summed E-state index contributed by atoms with van der Waals surface area (Å²) in [6.07, 6.45) is 2.45. The van der Waals surface area contributed by atoms with E-state index in [0.29, 0.717) is 12.1 Å². The molecule has 1 nitrogen and oxygen atoms in total. The van der Waals surface area contributed by atoms with E-state index in [1.165, 1.54) is 12.8 Å². The predicted octanol–water partition coefficient (Wildman–Crippen LogP) is 2.75. The van der Waals surface area contributed by atoms with Crippen molar-refractivity contribution in [1.82, 2.24) is 5.32 Å². The van der Waals surface area contributed by atoms with Gasteiger partial charge in [-0.3, -0.25) is 0 Å². The summed E-state index contributed by atoms with van der Waals surface area (Å²) >= 11 is 0. The third kappa shape index (κ3) is 6.56. The van der Waals surface area contributed by atoms with Gasteiger partial charge in [-0.2, -0.15) is 0 Å². The van der Waals surface area contributed by atoms with E-state index in [1.807, 2.05) is 0 Å². The van der Waals surface area contributed by atoms with E-state index in [0.717, 1.165) is 0 Å². The molecule has 10 heavy (non-hydrogen) atoms. The molecule has 0 fully saturated rings. The summed E-state index contributed by atoms with van der Waals surface area (Å²) in [6.45, 7) is 8.87. The van der Waals surface area contributed by atoms with Gasteiger partial charge in [0.15, 0.2) is 0 Å². The second-order valence-corrected chi connectivity index (χ2v) is 2.79. The zero-order valence-corrected chi connectivity index (χ0v) is 9.19. The molecule has 0 aromatic rings. The summed E-state index contributed by atoms with van der Waals surface area (Å²) in [7, 11) is 0. The first kappa shape index (κ1) is 13.1. The molecule has 0 aromatic heterocycles. The van der Waals surface area contributed by atoms with Crippen LogP contribution in [0.3, 0.4) is 0 Å². The van der Waals surface area contributed by atoms with E-state index in [4.69, 9.17) is 0 Å². The van der Waals surface area contributed by atoms with Crippen LogP contribution >= 0.6 is 17.0 Å². The van der Waals surface area contributed by atoms with Crippen molar-refractivity contribution in [2.24, 2.45) is 0 Å². The third-order valence-electron chi connectivity index (χ3n) is 1.79. The lowest BCUT2D eigenvalue weighted by atomic mass is 10.2. The molecule has 0 aliphatic heterocycles. The average Bonchev–Trinajstić information content (AvgIpc) is 1.87. The van der Waals surface area contributed by atoms with Crippen LogP contribution < -0.4 is 5.32 Å². The molecular formula is C8H20BrN. The standard InChI is InChI=1S/C8H19N.BrH/c1-5-7(3)9-8(4)6-2;/h7-9H,5-6H2,1-4H3;1H. The van der Waals surface area contributed by atoms with E-state index in [9.17, 15) is 0 Å². The largest absolute Gasteiger partial charge is 0.312 e. The molecule has 0 aliphatic carbocycles. The van der Waals surface area contributed by atoms with Crippen LogP contribution in [0.5, 0.6) is 0 Å². The Hall–Kier alpha value is 0.440. The summed E-state index contributed by atoms with van der Waals surface area (Å²) in [5.41, 5.74) is 0. The Kier molecular flexibility index (Phi) is 9.86. The number of rotatable bonds is 4. The molecule has 0 spiro atoms. The van der Waals surface area contributed by atoms with Gasteiger partial charge in [0.25, 0.3) is 0 Å². The molecule has 0 amide bonds. The van der Waals surface area contributed by atoms with Crippen LogP contribution in [-0.2, 0) is 0 Å². The van der Waals surface area contributed by atoms with Gasteiger partial charge >= 0.3 is 0 Å². The Balaban J connectivity index is 0. The molecule has 0 rings (SSSR count). The zero-order valence-electron chi connectivity index (χ0n) is 7.48. The highest BCUT2D eigenvalue weighted by Crippen LogP contribution is 1.93. The van der Waals surface area contributed by atoms with Gasteiger partial charge in [-0.05, 0) is 26.7 Å². The molecule has 0 aliphatic rings. The normalized spacial score (nSPS) is 15.6. The lowest BCUT2D eigenvalue weighted by molar-refractivity contribution is 0.449. The molecule has 2 unspecified atom stereocenters. The van der Waals surface area contributed by atoms with Gasteiger partial charge in [0, 0.05) is 12.1 Å². The molecule has 2 heteroatoms. The first-order valence-corrected chi connectivity index (χ1v) is 3.96. The summed E-state index contributed by atoms with van der Waals surface area (Å²) in [5, 5.41) is 3.48. The lowest BCUT2D eigenvalue weighted by Gasteiger charge is -2.16. The first-order chi connectivity index (χ1) is 4.20. The van der Waals surface area contributed by atoms with Crippen molar-refractivity contribution in [3.05, 3.63) is 0 Å². The Bertz CT molecular complexity index is 58.3. The number of halogens is 1. The van der Waals surface area contributed by atoms with Crippen LogP contribution in [0.4, 0.5) is 0 Å². The SMILES string of the molecule is Br.CCC(C)NC(C)CC. The van der Waals surface area contributed by atoms with E-state index < -0.39 is 0 Å². The summed E-state index contributed by atoms with van der Waals surface area (Å²) in [6, 6.07) is 1.36. The highest BCUT2D eigenvalue weighted by atomic mass is 79.9. The molecular weight excluding hydrogens is 190 g/mol. The zero-order chi connectivity index (χ0) is 7.28. The Morgan fingerprint density at radius 1 is 1.00 bits per heavy atom. The molecule has 0 aromatic carbocycles. The fourth-order valence-electron chi connectivity index (χ4n) is 0.721. The smallest absolute Gasteiger partial charge is 0.00385 e. The first-order valence-electron chi connectivity index (χ1n) is 3.96. The maximum atomic E-state index is 3.48. The monoisotopic (exact) mass is 209 g/mol. The highest BCUT2D eigenvalue weighted by Gasteiger charge is 2.00. The quantitative estimate of drug-likeness (QED) is 0.752. The van der Waals surface area contributed by atoms with E-state index in [1.54, 1.807) is 0 Å². The molecule has 64 valence electrons. The van der Waals surface area contributed by atoms with Crippen molar-refractivity contribution in [3.63, 3.8) is 0 Å².